The van der Waals surface area contributed by atoms with Crippen LogP contribution in [-0.2, 0) is 12.8 Å². The van der Waals surface area contributed by atoms with Gasteiger partial charge in [0, 0.05) is 17.7 Å². The number of hydrogen-bond donors (Lipinski definition) is 4. The number of amides is 2. The lowest BCUT2D eigenvalue weighted by Gasteiger charge is -2.20. The fraction of sp³-hybridized carbons (Fsp3) is 0.130. The van der Waals surface area contributed by atoms with Crippen LogP contribution in [0.3, 0.4) is 0 Å². The average Bonchev–Trinajstić information content (AvgIpc) is 2.69. The van der Waals surface area contributed by atoms with Gasteiger partial charge in [0.05, 0.1) is 5.69 Å². The SMILES string of the molecule is Cc1c(Cc2ccccc2)cc(NC(=O)O)c(Cc2ccccc2)c1NC(=O)O. The van der Waals surface area contributed by atoms with Gasteiger partial charge in [-0.25, -0.2) is 9.59 Å². The minimum absolute atomic E-state index is 0.377. The number of rotatable bonds is 6. The molecule has 0 heterocycles. The Kier molecular flexibility index (Phi) is 6.14. The molecule has 3 aromatic carbocycles. The molecular weight excluding hydrogens is 368 g/mol. The molecule has 0 saturated heterocycles. The quantitative estimate of drug-likeness (QED) is 0.455. The van der Waals surface area contributed by atoms with Crippen molar-refractivity contribution in [3.63, 3.8) is 0 Å². The summed E-state index contributed by atoms with van der Waals surface area (Å²) < 4.78 is 0. The maximum absolute atomic E-state index is 11.5. The van der Waals surface area contributed by atoms with Crippen molar-refractivity contribution in [3.05, 3.63) is 94.5 Å². The molecule has 0 aromatic heterocycles. The largest absolute Gasteiger partial charge is 0.465 e. The molecule has 0 saturated carbocycles. The van der Waals surface area contributed by atoms with Crippen LogP contribution < -0.4 is 10.6 Å². The number of carbonyl (C=O) groups is 2. The average molecular weight is 390 g/mol. The Morgan fingerprint density at radius 2 is 1.31 bits per heavy atom. The van der Waals surface area contributed by atoms with Gasteiger partial charge in [-0.1, -0.05) is 60.7 Å². The molecule has 3 aromatic rings. The molecule has 0 bridgehead atoms. The van der Waals surface area contributed by atoms with Gasteiger partial charge < -0.3 is 10.2 Å². The molecule has 6 nitrogen and oxygen atoms in total. The van der Waals surface area contributed by atoms with Crippen molar-refractivity contribution in [1.82, 2.24) is 0 Å². The van der Waals surface area contributed by atoms with E-state index in [1.807, 2.05) is 67.6 Å². The van der Waals surface area contributed by atoms with Crippen LogP contribution in [0, 0.1) is 6.92 Å². The van der Waals surface area contributed by atoms with Crippen molar-refractivity contribution < 1.29 is 19.8 Å². The summed E-state index contributed by atoms with van der Waals surface area (Å²) in [5, 5.41) is 23.6. The maximum atomic E-state index is 11.5. The highest BCUT2D eigenvalue weighted by Gasteiger charge is 2.19. The number of hydrogen-bond acceptors (Lipinski definition) is 2. The highest BCUT2D eigenvalue weighted by atomic mass is 16.4. The van der Waals surface area contributed by atoms with E-state index in [1.54, 1.807) is 6.07 Å². The Hall–Kier alpha value is -3.80. The summed E-state index contributed by atoms with van der Waals surface area (Å²) in [6, 6.07) is 21.0. The van der Waals surface area contributed by atoms with Gasteiger partial charge in [0.25, 0.3) is 0 Å². The molecule has 29 heavy (non-hydrogen) atoms. The molecule has 2 amide bonds. The Bertz CT molecular complexity index is 1020. The first kappa shape index (κ1) is 19.9. The molecule has 0 spiro atoms. The number of carboxylic acid groups (broad SMARTS) is 2. The summed E-state index contributed by atoms with van der Waals surface area (Å²) in [6.45, 7) is 1.85. The highest BCUT2D eigenvalue weighted by molar-refractivity contribution is 5.92. The zero-order valence-electron chi connectivity index (χ0n) is 16.0. The smallest absolute Gasteiger partial charge is 0.409 e. The molecular formula is C23H22N2O4. The van der Waals surface area contributed by atoms with Gasteiger partial charge in [0.2, 0.25) is 0 Å². The van der Waals surface area contributed by atoms with Crippen molar-refractivity contribution >= 4 is 23.6 Å². The van der Waals surface area contributed by atoms with Crippen molar-refractivity contribution in [2.75, 3.05) is 10.6 Å². The summed E-state index contributed by atoms with van der Waals surface area (Å²) in [5.74, 6) is 0. The van der Waals surface area contributed by atoms with Gasteiger partial charge in [0.1, 0.15) is 0 Å². The minimum Gasteiger partial charge on any atom is -0.465 e. The van der Waals surface area contributed by atoms with E-state index in [0.717, 1.165) is 22.3 Å². The topological polar surface area (TPSA) is 98.7 Å². The van der Waals surface area contributed by atoms with Crippen LogP contribution in [0.25, 0.3) is 0 Å². The maximum Gasteiger partial charge on any atom is 0.409 e. The van der Waals surface area contributed by atoms with Crippen LogP contribution >= 0.6 is 0 Å². The first-order chi connectivity index (χ1) is 13.9. The second-order valence-corrected chi connectivity index (χ2v) is 6.75. The van der Waals surface area contributed by atoms with Crippen LogP contribution in [0.2, 0.25) is 0 Å². The van der Waals surface area contributed by atoms with Gasteiger partial charge in [-0.15, -0.1) is 0 Å². The molecule has 0 atom stereocenters. The summed E-state index contributed by atoms with van der Waals surface area (Å²) in [4.78, 5) is 22.9. The van der Waals surface area contributed by atoms with Crippen LogP contribution in [0.5, 0.6) is 0 Å². The molecule has 0 unspecified atom stereocenters. The Morgan fingerprint density at radius 1 is 0.793 bits per heavy atom. The van der Waals surface area contributed by atoms with Crippen LogP contribution in [0.1, 0.15) is 27.8 Å². The molecule has 0 aliphatic carbocycles. The first-order valence-electron chi connectivity index (χ1n) is 9.17. The van der Waals surface area contributed by atoms with E-state index in [1.165, 1.54) is 0 Å². The lowest BCUT2D eigenvalue weighted by atomic mass is 9.92. The van der Waals surface area contributed by atoms with Gasteiger partial charge in [-0.2, -0.15) is 0 Å². The Balaban J connectivity index is 2.14. The standard InChI is InChI=1S/C23H22N2O4/c1-15-18(12-16-8-4-2-5-9-16)14-20(24-22(26)27)19(21(15)25-23(28)29)13-17-10-6-3-7-11-17/h2-11,14,24-25H,12-13H2,1H3,(H,26,27)(H,28,29). The lowest BCUT2D eigenvalue weighted by Crippen LogP contribution is -2.16. The molecule has 0 radical (unpaired) electrons. The second-order valence-electron chi connectivity index (χ2n) is 6.75. The van der Waals surface area contributed by atoms with Crippen LogP contribution in [-0.4, -0.2) is 22.4 Å². The third-order valence-electron chi connectivity index (χ3n) is 4.74. The molecule has 0 aliphatic rings. The van der Waals surface area contributed by atoms with E-state index in [-0.39, 0.29) is 0 Å². The third-order valence-corrected chi connectivity index (χ3v) is 4.74. The summed E-state index contributed by atoms with van der Waals surface area (Å²) in [5.41, 5.74) is 5.01. The van der Waals surface area contributed by atoms with Gasteiger partial charge in [0.15, 0.2) is 0 Å². The van der Waals surface area contributed by atoms with Crippen LogP contribution in [0.15, 0.2) is 66.7 Å². The van der Waals surface area contributed by atoms with Gasteiger partial charge >= 0.3 is 12.2 Å². The fourth-order valence-corrected chi connectivity index (χ4v) is 3.38. The molecule has 0 aliphatic heterocycles. The third kappa shape index (κ3) is 5.13. The summed E-state index contributed by atoms with van der Waals surface area (Å²) in [7, 11) is 0. The summed E-state index contributed by atoms with van der Waals surface area (Å²) in [6.07, 6.45) is -1.45. The van der Waals surface area contributed by atoms with Crippen molar-refractivity contribution in [2.45, 2.75) is 19.8 Å². The molecule has 4 N–H and O–H groups in total. The lowest BCUT2D eigenvalue weighted by molar-refractivity contribution is 0.208. The van der Waals surface area contributed by atoms with E-state index in [9.17, 15) is 19.8 Å². The highest BCUT2D eigenvalue weighted by Crippen LogP contribution is 2.34. The minimum atomic E-state index is -1.20. The van der Waals surface area contributed by atoms with Gasteiger partial charge in [-0.05, 0) is 41.7 Å². The Morgan fingerprint density at radius 3 is 1.83 bits per heavy atom. The normalized spacial score (nSPS) is 10.4. The number of nitrogens with one attached hydrogen (secondary N) is 2. The second kappa shape index (κ2) is 8.93. The van der Waals surface area contributed by atoms with E-state index < -0.39 is 12.2 Å². The van der Waals surface area contributed by atoms with E-state index in [0.29, 0.717) is 29.8 Å². The molecule has 0 fully saturated rings. The fourth-order valence-electron chi connectivity index (χ4n) is 3.38. The molecule has 3 rings (SSSR count). The monoisotopic (exact) mass is 390 g/mol. The van der Waals surface area contributed by atoms with Crippen LogP contribution in [0.4, 0.5) is 21.0 Å². The molecule has 148 valence electrons. The van der Waals surface area contributed by atoms with E-state index in [4.69, 9.17) is 0 Å². The zero-order valence-corrected chi connectivity index (χ0v) is 16.0. The van der Waals surface area contributed by atoms with Crippen molar-refractivity contribution in [3.8, 4) is 0 Å². The van der Waals surface area contributed by atoms with Gasteiger partial charge in [-0.3, -0.25) is 10.6 Å². The zero-order chi connectivity index (χ0) is 20.8. The van der Waals surface area contributed by atoms with E-state index >= 15 is 0 Å². The van der Waals surface area contributed by atoms with Crippen molar-refractivity contribution in [2.24, 2.45) is 0 Å². The summed E-state index contributed by atoms with van der Waals surface area (Å²) >= 11 is 0. The number of anilines is 2. The Labute approximate surface area is 168 Å². The van der Waals surface area contributed by atoms with E-state index in [2.05, 4.69) is 10.6 Å². The molecule has 6 heteroatoms. The predicted octanol–water partition coefficient (Wildman–Crippen LogP) is 5.36. The predicted molar refractivity (Wildman–Crippen MR) is 113 cm³/mol. The number of benzene rings is 3. The first-order valence-corrected chi connectivity index (χ1v) is 9.17. The van der Waals surface area contributed by atoms with Crippen molar-refractivity contribution in [1.29, 1.82) is 0 Å².